The number of hydrogen-bond donors (Lipinski definition) is 0. The van der Waals surface area contributed by atoms with Gasteiger partial charge in [-0.25, -0.2) is 0 Å². The van der Waals surface area contributed by atoms with Crippen molar-refractivity contribution < 1.29 is 9.53 Å². The lowest BCUT2D eigenvalue weighted by molar-refractivity contribution is -0.189. The second-order valence-electron chi connectivity index (χ2n) is 9.72. The molecule has 0 bridgehead atoms. The summed E-state index contributed by atoms with van der Waals surface area (Å²) in [5.74, 6) is 3.14. The summed E-state index contributed by atoms with van der Waals surface area (Å²) in [6, 6.07) is 0. The minimum atomic E-state index is -0.0599. The molecule has 0 N–H and O–H groups in total. The van der Waals surface area contributed by atoms with Gasteiger partial charge in [0.1, 0.15) is 6.10 Å². The van der Waals surface area contributed by atoms with Gasteiger partial charge in [-0.3, -0.25) is 4.79 Å². The number of carbonyl (C=O) groups excluding carboxylic acids is 1. The fourth-order valence-corrected chi connectivity index (χ4v) is 7.72. The summed E-state index contributed by atoms with van der Waals surface area (Å²) in [5, 5.41) is 0. The summed E-state index contributed by atoms with van der Waals surface area (Å²) in [4.78, 5) is 11.8. The number of esters is 1. The topological polar surface area (TPSA) is 26.3 Å². The maximum absolute atomic E-state index is 11.8. The molecular weight excluding hydrogens is 284 g/mol. The van der Waals surface area contributed by atoms with Crippen molar-refractivity contribution in [3.8, 4) is 0 Å². The van der Waals surface area contributed by atoms with Crippen molar-refractivity contribution in [3.63, 3.8) is 0 Å². The standard InChI is InChI=1S/C21H34O2/c1-14(22)23-18-13-20(2)11-6-8-17(20)16-10-9-15-7-4-5-12-21(15,3)19(16)18/h15-19H,4-13H2,1-3H3/t15-,16+,17-,18-,19+,20+,21-/m1/s1. The van der Waals surface area contributed by atoms with E-state index in [2.05, 4.69) is 13.8 Å². The first-order chi connectivity index (χ1) is 10.9. The second-order valence-corrected chi connectivity index (χ2v) is 9.72. The monoisotopic (exact) mass is 318 g/mol. The molecule has 2 nitrogen and oxygen atoms in total. The Balaban J connectivity index is 1.71. The molecule has 4 rings (SSSR count). The Morgan fingerprint density at radius 2 is 1.83 bits per heavy atom. The van der Waals surface area contributed by atoms with Crippen molar-refractivity contribution in [2.75, 3.05) is 0 Å². The van der Waals surface area contributed by atoms with Crippen LogP contribution in [0.4, 0.5) is 0 Å². The molecule has 0 heterocycles. The third-order valence-corrected chi connectivity index (χ3v) is 8.58. The third kappa shape index (κ3) is 2.38. The number of ether oxygens (including phenoxy) is 1. The van der Waals surface area contributed by atoms with Crippen molar-refractivity contribution in [2.45, 2.75) is 91.1 Å². The number of carbonyl (C=O) groups is 1. The molecule has 0 aromatic rings. The predicted octanol–water partition coefficient (Wildman–Crippen LogP) is 5.35. The molecule has 4 saturated carbocycles. The molecule has 0 unspecified atom stereocenters. The molecular formula is C21H34O2. The summed E-state index contributed by atoms with van der Waals surface area (Å²) in [5.41, 5.74) is 0.852. The lowest BCUT2D eigenvalue weighted by Gasteiger charge is -2.61. The first-order valence-electron chi connectivity index (χ1n) is 10.1. The molecule has 23 heavy (non-hydrogen) atoms. The quantitative estimate of drug-likeness (QED) is 0.609. The van der Waals surface area contributed by atoms with E-state index in [0.717, 1.165) is 24.2 Å². The van der Waals surface area contributed by atoms with Crippen LogP contribution in [-0.4, -0.2) is 12.1 Å². The van der Waals surface area contributed by atoms with E-state index < -0.39 is 0 Å². The summed E-state index contributed by atoms with van der Waals surface area (Å²) < 4.78 is 6.01. The summed E-state index contributed by atoms with van der Waals surface area (Å²) >= 11 is 0. The zero-order chi connectivity index (χ0) is 16.2. The van der Waals surface area contributed by atoms with E-state index in [1.165, 1.54) is 57.8 Å². The van der Waals surface area contributed by atoms with Crippen LogP contribution in [0.3, 0.4) is 0 Å². The molecule has 0 spiro atoms. The number of rotatable bonds is 1. The van der Waals surface area contributed by atoms with Gasteiger partial charge < -0.3 is 4.74 Å². The van der Waals surface area contributed by atoms with Crippen molar-refractivity contribution in [1.82, 2.24) is 0 Å². The SMILES string of the molecule is CC(=O)O[C@@H]1C[C@]2(C)CCC[C@@H]2[C@@H]2CC[C@H]3CCCC[C@@]3(C)[C@@H]21. The van der Waals surface area contributed by atoms with Gasteiger partial charge in [0, 0.05) is 12.8 Å². The molecule has 0 radical (unpaired) electrons. The minimum absolute atomic E-state index is 0.0599. The smallest absolute Gasteiger partial charge is 0.302 e. The molecule has 4 fully saturated rings. The van der Waals surface area contributed by atoms with E-state index >= 15 is 0 Å². The van der Waals surface area contributed by atoms with Gasteiger partial charge in [0.2, 0.25) is 0 Å². The van der Waals surface area contributed by atoms with Gasteiger partial charge in [0.25, 0.3) is 0 Å². The average molecular weight is 319 g/mol. The Hall–Kier alpha value is -0.530. The molecule has 4 aliphatic carbocycles. The van der Waals surface area contributed by atoms with Crippen molar-refractivity contribution in [3.05, 3.63) is 0 Å². The molecule has 2 heteroatoms. The lowest BCUT2D eigenvalue weighted by Crippen LogP contribution is -2.58. The Morgan fingerprint density at radius 3 is 2.61 bits per heavy atom. The summed E-state index contributed by atoms with van der Waals surface area (Å²) in [7, 11) is 0. The normalized spacial score (nSPS) is 52.2. The lowest BCUT2D eigenvalue weighted by atomic mass is 9.44. The van der Waals surface area contributed by atoms with Gasteiger partial charge in [-0.15, -0.1) is 0 Å². The van der Waals surface area contributed by atoms with E-state index in [1.54, 1.807) is 6.92 Å². The zero-order valence-corrected chi connectivity index (χ0v) is 15.3. The fourth-order valence-electron chi connectivity index (χ4n) is 7.72. The van der Waals surface area contributed by atoms with Crippen molar-refractivity contribution >= 4 is 5.97 Å². The first-order valence-corrected chi connectivity index (χ1v) is 10.1. The van der Waals surface area contributed by atoms with Gasteiger partial charge in [-0.2, -0.15) is 0 Å². The van der Waals surface area contributed by atoms with Crippen molar-refractivity contribution in [2.24, 2.45) is 34.5 Å². The van der Waals surface area contributed by atoms with E-state index in [-0.39, 0.29) is 12.1 Å². The van der Waals surface area contributed by atoms with Gasteiger partial charge in [-0.05, 0) is 73.5 Å². The highest BCUT2D eigenvalue weighted by Gasteiger charge is 2.61. The molecule has 0 saturated heterocycles. The van der Waals surface area contributed by atoms with Crippen LogP contribution in [-0.2, 0) is 9.53 Å². The van der Waals surface area contributed by atoms with E-state index in [4.69, 9.17) is 4.74 Å². The maximum atomic E-state index is 11.8. The van der Waals surface area contributed by atoms with E-state index in [9.17, 15) is 4.79 Å². The zero-order valence-electron chi connectivity index (χ0n) is 15.3. The van der Waals surface area contributed by atoms with Gasteiger partial charge in [-0.1, -0.05) is 33.1 Å². The van der Waals surface area contributed by atoms with Crippen LogP contribution in [0.5, 0.6) is 0 Å². The highest BCUT2D eigenvalue weighted by Crippen LogP contribution is 2.66. The fraction of sp³-hybridized carbons (Fsp3) is 0.952. The summed E-state index contributed by atoms with van der Waals surface area (Å²) in [6.07, 6.45) is 13.8. The van der Waals surface area contributed by atoms with Crippen LogP contribution in [0, 0.1) is 34.5 Å². The van der Waals surface area contributed by atoms with Crippen LogP contribution in [0.2, 0.25) is 0 Å². The van der Waals surface area contributed by atoms with Gasteiger partial charge >= 0.3 is 5.97 Å². The highest BCUT2D eigenvalue weighted by atomic mass is 16.5. The van der Waals surface area contributed by atoms with Crippen molar-refractivity contribution in [1.29, 1.82) is 0 Å². The van der Waals surface area contributed by atoms with Gasteiger partial charge in [0.15, 0.2) is 0 Å². The Bertz CT molecular complexity index is 486. The van der Waals surface area contributed by atoms with E-state index in [0.29, 0.717) is 16.7 Å². The largest absolute Gasteiger partial charge is 0.462 e. The summed E-state index contributed by atoms with van der Waals surface area (Å²) in [6.45, 7) is 6.66. The molecule has 7 atom stereocenters. The predicted molar refractivity (Wildman–Crippen MR) is 91.9 cm³/mol. The highest BCUT2D eigenvalue weighted by molar-refractivity contribution is 5.66. The first kappa shape index (κ1) is 16.0. The van der Waals surface area contributed by atoms with E-state index in [1.807, 2.05) is 0 Å². The Labute approximate surface area is 141 Å². The second kappa shape index (κ2) is 5.49. The van der Waals surface area contributed by atoms with Gasteiger partial charge in [0.05, 0.1) is 0 Å². The van der Waals surface area contributed by atoms with Crippen LogP contribution in [0.25, 0.3) is 0 Å². The Morgan fingerprint density at radius 1 is 1.00 bits per heavy atom. The Kier molecular flexibility index (Phi) is 3.81. The molecule has 0 aliphatic heterocycles. The maximum Gasteiger partial charge on any atom is 0.302 e. The van der Waals surface area contributed by atoms with Crippen LogP contribution in [0.15, 0.2) is 0 Å². The molecule has 130 valence electrons. The average Bonchev–Trinajstić information content (AvgIpc) is 2.86. The third-order valence-electron chi connectivity index (χ3n) is 8.58. The molecule has 0 amide bonds. The van der Waals surface area contributed by atoms with Crippen LogP contribution < -0.4 is 0 Å². The van der Waals surface area contributed by atoms with Crippen LogP contribution in [0.1, 0.15) is 85.0 Å². The minimum Gasteiger partial charge on any atom is -0.462 e. The molecule has 0 aromatic heterocycles. The van der Waals surface area contributed by atoms with Crippen LogP contribution >= 0.6 is 0 Å². The number of fused-ring (bicyclic) bond motifs is 5. The molecule has 4 aliphatic rings. The molecule has 0 aromatic carbocycles. The number of hydrogen-bond acceptors (Lipinski definition) is 2.